The summed E-state index contributed by atoms with van der Waals surface area (Å²) < 4.78 is 31.0. The first-order valence-corrected chi connectivity index (χ1v) is 4.62. The SMILES string of the molecule is O=C(O)c1ccc(Nc2cccc(F)c2F)o1. The van der Waals surface area contributed by atoms with Crippen molar-refractivity contribution in [3.8, 4) is 0 Å². The van der Waals surface area contributed by atoms with Crippen LogP contribution in [0.15, 0.2) is 34.7 Å². The zero-order valence-electron chi connectivity index (χ0n) is 8.41. The van der Waals surface area contributed by atoms with Crippen LogP contribution in [0.4, 0.5) is 20.4 Å². The molecule has 2 rings (SSSR count). The summed E-state index contributed by atoms with van der Waals surface area (Å²) in [7, 11) is 0. The molecule has 1 heterocycles. The highest BCUT2D eigenvalue weighted by atomic mass is 19.2. The van der Waals surface area contributed by atoms with E-state index in [-0.39, 0.29) is 17.3 Å². The third-order valence-corrected chi connectivity index (χ3v) is 2.03. The number of benzene rings is 1. The van der Waals surface area contributed by atoms with Gasteiger partial charge < -0.3 is 14.8 Å². The molecule has 1 aromatic carbocycles. The minimum absolute atomic E-state index is 0.0203. The smallest absolute Gasteiger partial charge is 0.371 e. The maximum atomic E-state index is 13.3. The molecule has 0 saturated carbocycles. The quantitative estimate of drug-likeness (QED) is 0.864. The van der Waals surface area contributed by atoms with Crippen LogP contribution in [0.1, 0.15) is 10.6 Å². The molecule has 1 aromatic heterocycles. The van der Waals surface area contributed by atoms with Gasteiger partial charge in [0.15, 0.2) is 17.5 Å². The van der Waals surface area contributed by atoms with E-state index in [0.29, 0.717) is 0 Å². The van der Waals surface area contributed by atoms with Crippen molar-refractivity contribution in [2.45, 2.75) is 0 Å². The Balaban J connectivity index is 2.25. The van der Waals surface area contributed by atoms with Gasteiger partial charge in [-0.15, -0.1) is 0 Å². The number of aromatic carboxylic acids is 1. The maximum absolute atomic E-state index is 13.3. The third-order valence-electron chi connectivity index (χ3n) is 2.03. The van der Waals surface area contributed by atoms with E-state index in [1.165, 1.54) is 24.3 Å². The molecule has 2 aromatic rings. The van der Waals surface area contributed by atoms with E-state index in [1.807, 2.05) is 0 Å². The highest BCUT2D eigenvalue weighted by Crippen LogP contribution is 2.23. The van der Waals surface area contributed by atoms with Crippen molar-refractivity contribution >= 4 is 17.5 Å². The van der Waals surface area contributed by atoms with E-state index in [4.69, 9.17) is 9.52 Å². The van der Waals surface area contributed by atoms with E-state index >= 15 is 0 Å². The monoisotopic (exact) mass is 239 g/mol. The van der Waals surface area contributed by atoms with Crippen LogP contribution >= 0.6 is 0 Å². The van der Waals surface area contributed by atoms with Crippen LogP contribution in [-0.2, 0) is 0 Å². The molecule has 17 heavy (non-hydrogen) atoms. The number of hydrogen-bond acceptors (Lipinski definition) is 3. The number of carboxylic acid groups (broad SMARTS) is 1. The lowest BCUT2D eigenvalue weighted by atomic mass is 10.3. The molecule has 0 bridgehead atoms. The Morgan fingerprint density at radius 2 is 2.00 bits per heavy atom. The third kappa shape index (κ3) is 2.25. The van der Waals surface area contributed by atoms with Gasteiger partial charge in [-0.25, -0.2) is 13.6 Å². The van der Waals surface area contributed by atoms with Crippen molar-refractivity contribution in [2.75, 3.05) is 5.32 Å². The molecule has 4 nitrogen and oxygen atoms in total. The highest BCUT2D eigenvalue weighted by molar-refractivity contribution is 5.85. The van der Waals surface area contributed by atoms with Crippen LogP contribution in [-0.4, -0.2) is 11.1 Å². The van der Waals surface area contributed by atoms with Gasteiger partial charge in [0.1, 0.15) is 0 Å². The summed E-state index contributed by atoms with van der Waals surface area (Å²) in [6.07, 6.45) is 0. The predicted octanol–water partition coefficient (Wildman–Crippen LogP) is 3.00. The molecule has 0 saturated heterocycles. The van der Waals surface area contributed by atoms with Gasteiger partial charge in [-0.2, -0.15) is 0 Å². The fraction of sp³-hybridized carbons (Fsp3) is 0. The number of halogens is 2. The van der Waals surface area contributed by atoms with Gasteiger partial charge in [-0.3, -0.25) is 0 Å². The Morgan fingerprint density at radius 1 is 1.24 bits per heavy atom. The molecule has 2 N–H and O–H groups in total. The summed E-state index contributed by atoms with van der Waals surface area (Å²) in [6.45, 7) is 0. The lowest BCUT2D eigenvalue weighted by molar-refractivity contribution is 0.0663. The van der Waals surface area contributed by atoms with Gasteiger partial charge >= 0.3 is 5.97 Å². The van der Waals surface area contributed by atoms with Crippen molar-refractivity contribution < 1.29 is 23.1 Å². The summed E-state index contributed by atoms with van der Waals surface area (Å²) in [5.74, 6) is -3.56. The van der Waals surface area contributed by atoms with E-state index in [1.54, 1.807) is 0 Å². The van der Waals surface area contributed by atoms with E-state index < -0.39 is 17.6 Å². The second kappa shape index (κ2) is 4.25. The van der Waals surface area contributed by atoms with Crippen LogP contribution in [0, 0.1) is 11.6 Å². The Kier molecular flexibility index (Phi) is 2.78. The molecule has 0 aliphatic heterocycles. The number of carbonyl (C=O) groups is 1. The number of rotatable bonds is 3. The van der Waals surface area contributed by atoms with Crippen LogP contribution in [0.25, 0.3) is 0 Å². The first kappa shape index (κ1) is 11.1. The summed E-state index contributed by atoms with van der Waals surface area (Å²) in [6, 6.07) is 6.13. The number of furan rings is 1. The van der Waals surface area contributed by atoms with E-state index in [2.05, 4.69) is 5.32 Å². The van der Waals surface area contributed by atoms with Crippen LogP contribution in [0.5, 0.6) is 0 Å². The average molecular weight is 239 g/mol. The lowest BCUT2D eigenvalue weighted by Gasteiger charge is -2.04. The fourth-order valence-electron chi connectivity index (χ4n) is 1.25. The van der Waals surface area contributed by atoms with Gasteiger partial charge in [-0.1, -0.05) is 6.07 Å². The van der Waals surface area contributed by atoms with Crippen LogP contribution in [0.2, 0.25) is 0 Å². The van der Waals surface area contributed by atoms with E-state index in [9.17, 15) is 13.6 Å². The maximum Gasteiger partial charge on any atom is 0.371 e. The van der Waals surface area contributed by atoms with Crippen molar-refractivity contribution in [2.24, 2.45) is 0 Å². The molecule has 0 unspecified atom stereocenters. The summed E-state index contributed by atoms with van der Waals surface area (Å²) in [5, 5.41) is 11.1. The Hall–Kier alpha value is -2.37. The zero-order valence-corrected chi connectivity index (χ0v) is 8.41. The second-order valence-corrected chi connectivity index (χ2v) is 3.20. The summed E-state index contributed by atoms with van der Waals surface area (Å²) in [4.78, 5) is 10.5. The molecule has 0 spiro atoms. The first-order valence-electron chi connectivity index (χ1n) is 4.62. The van der Waals surface area contributed by atoms with Crippen molar-refractivity contribution in [1.82, 2.24) is 0 Å². The number of nitrogens with one attached hydrogen (secondary N) is 1. The predicted molar refractivity (Wildman–Crippen MR) is 55.3 cm³/mol. The summed E-state index contributed by atoms with van der Waals surface area (Å²) >= 11 is 0. The Bertz CT molecular complexity index is 566. The van der Waals surface area contributed by atoms with Gasteiger partial charge in [0.2, 0.25) is 5.76 Å². The van der Waals surface area contributed by atoms with Crippen molar-refractivity contribution in [3.05, 3.63) is 47.7 Å². The summed E-state index contributed by atoms with van der Waals surface area (Å²) in [5.41, 5.74) is -0.128. The standard InChI is InChI=1S/C11H7F2NO3/c12-6-2-1-3-7(10(6)13)14-9-5-4-8(17-9)11(15)16/h1-5,14H,(H,15,16). The Labute approximate surface area is 94.5 Å². The molecule has 6 heteroatoms. The number of hydrogen-bond donors (Lipinski definition) is 2. The second-order valence-electron chi connectivity index (χ2n) is 3.20. The van der Waals surface area contributed by atoms with Gasteiger partial charge in [0.05, 0.1) is 5.69 Å². The van der Waals surface area contributed by atoms with E-state index in [0.717, 1.165) is 6.07 Å². The molecule has 0 amide bonds. The average Bonchev–Trinajstić information content (AvgIpc) is 2.73. The number of carboxylic acids is 1. The largest absolute Gasteiger partial charge is 0.475 e. The van der Waals surface area contributed by atoms with Crippen LogP contribution in [0.3, 0.4) is 0 Å². The minimum Gasteiger partial charge on any atom is -0.475 e. The molecule has 0 aliphatic carbocycles. The minimum atomic E-state index is -1.24. The van der Waals surface area contributed by atoms with Crippen molar-refractivity contribution in [3.63, 3.8) is 0 Å². The normalized spacial score (nSPS) is 10.2. The Morgan fingerprint density at radius 3 is 2.65 bits per heavy atom. The molecular weight excluding hydrogens is 232 g/mol. The van der Waals surface area contributed by atoms with Crippen LogP contribution < -0.4 is 5.32 Å². The fourth-order valence-corrected chi connectivity index (χ4v) is 1.25. The van der Waals surface area contributed by atoms with Gasteiger partial charge in [-0.05, 0) is 18.2 Å². The highest BCUT2D eigenvalue weighted by Gasteiger charge is 2.12. The lowest BCUT2D eigenvalue weighted by Crippen LogP contribution is -1.95. The zero-order chi connectivity index (χ0) is 12.4. The van der Waals surface area contributed by atoms with Gasteiger partial charge in [0.25, 0.3) is 0 Å². The molecule has 88 valence electrons. The molecule has 0 atom stereocenters. The van der Waals surface area contributed by atoms with Gasteiger partial charge in [0, 0.05) is 6.07 Å². The molecule has 0 fully saturated rings. The number of anilines is 2. The van der Waals surface area contributed by atoms with Crippen molar-refractivity contribution in [1.29, 1.82) is 0 Å². The first-order chi connectivity index (χ1) is 8.08. The topological polar surface area (TPSA) is 62.5 Å². The molecule has 0 aliphatic rings. The molecule has 0 radical (unpaired) electrons. The molecular formula is C11H7F2NO3.